The molecule has 4 saturated carbocycles. The summed E-state index contributed by atoms with van der Waals surface area (Å²) in [5.41, 5.74) is 0.999. The number of carbonyl (C=O) groups is 1. The van der Waals surface area contributed by atoms with Gasteiger partial charge in [0.2, 0.25) is 5.91 Å². The highest BCUT2D eigenvalue weighted by molar-refractivity contribution is 6.30. The second-order valence-corrected chi connectivity index (χ2v) is 10.0. The average molecular weight is 434 g/mol. The number of hydrogen-bond donors (Lipinski definition) is 1. The zero-order valence-corrected chi connectivity index (χ0v) is 17.2. The van der Waals surface area contributed by atoms with Crippen LogP contribution in [-0.4, -0.2) is 5.91 Å². The van der Waals surface area contributed by atoms with Crippen molar-refractivity contribution in [2.45, 2.75) is 50.5 Å². The molecule has 0 spiro atoms. The van der Waals surface area contributed by atoms with Crippen LogP contribution in [0.5, 0.6) is 0 Å². The molecule has 1 N–H and O–H groups in total. The van der Waals surface area contributed by atoms with Gasteiger partial charge in [-0.2, -0.15) is 0 Å². The number of benzene rings is 2. The van der Waals surface area contributed by atoms with Crippen molar-refractivity contribution in [2.24, 2.45) is 17.3 Å². The molecular weight excluding hydrogens is 411 g/mol. The highest BCUT2D eigenvalue weighted by Crippen LogP contribution is 2.65. The maximum atomic E-state index is 13.5. The summed E-state index contributed by atoms with van der Waals surface area (Å²) in [5.74, 6) is -3.01. The van der Waals surface area contributed by atoms with Crippen LogP contribution in [-0.2, 0) is 16.8 Å². The van der Waals surface area contributed by atoms with Crippen LogP contribution >= 0.6 is 11.6 Å². The van der Waals surface area contributed by atoms with Crippen molar-refractivity contribution in [3.8, 4) is 0 Å². The molecule has 2 nitrogen and oxygen atoms in total. The molecule has 2 aromatic rings. The van der Waals surface area contributed by atoms with Gasteiger partial charge in [-0.25, -0.2) is 13.2 Å². The van der Waals surface area contributed by atoms with E-state index in [1.807, 2.05) is 12.1 Å². The summed E-state index contributed by atoms with van der Waals surface area (Å²) in [7, 11) is 0. The minimum Gasteiger partial charge on any atom is -0.352 e. The van der Waals surface area contributed by atoms with E-state index in [-0.39, 0.29) is 23.4 Å². The van der Waals surface area contributed by atoms with Crippen LogP contribution < -0.4 is 5.32 Å². The zero-order valence-electron chi connectivity index (χ0n) is 16.5. The van der Waals surface area contributed by atoms with Crippen molar-refractivity contribution < 1.29 is 18.0 Å². The Hall–Kier alpha value is -2.01. The van der Waals surface area contributed by atoms with Gasteiger partial charge in [-0.05, 0) is 91.2 Å². The molecule has 4 fully saturated rings. The third kappa shape index (κ3) is 3.22. The Balaban J connectivity index is 1.39. The average Bonchev–Trinajstić information content (AvgIpc) is 2.69. The molecule has 1 amide bonds. The Morgan fingerprint density at radius 1 is 1.00 bits per heavy atom. The zero-order chi connectivity index (χ0) is 21.1. The van der Waals surface area contributed by atoms with Crippen LogP contribution in [0.2, 0.25) is 5.02 Å². The van der Waals surface area contributed by atoms with Gasteiger partial charge in [0.15, 0.2) is 17.5 Å². The van der Waals surface area contributed by atoms with Gasteiger partial charge < -0.3 is 5.32 Å². The van der Waals surface area contributed by atoms with E-state index >= 15 is 0 Å². The molecule has 0 aromatic heterocycles. The van der Waals surface area contributed by atoms with Crippen molar-refractivity contribution in [1.82, 2.24) is 5.32 Å². The maximum absolute atomic E-state index is 13.5. The van der Waals surface area contributed by atoms with Crippen molar-refractivity contribution in [3.63, 3.8) is 0 Å². The molecule has 2 atom stereocenters. The number of halogens is 4. The predicted molar refractivity (Wildman–Crippen MR) is 108 cm³/mol. The van der Waals surface area contributed by atoms with Crippen LogP contribution in [0.4, 0.5) is 13.2 Å². The van der Waals surface area contributed by atoms with E-state index < -0.39 is 22.9 Å². The molecule has 2 aromatic carbocycles. The Bertz CT molecular complexity index is 969. The number of hydrogen-bond acceptors (Lipinski definition) is 1. The standard InChI is InChI=1S/C24H23ClF3NO/c25-18-3-1-17(2-4-18)23-8-15-5-16(9-23)11-24(10-15,13-23)22(30)29-12-14-6-19(26)21(28)20(27)7-14/h1-4,6-7,15-16H,5,8-13H2,(H,29,30). The molecule has 4 aliphatic carbocycles. The normalized spacial score (nSPS) is 31.7. The van der Waals surface area contributed by atoms with Gasteiger partial charge in [-0.15, -0.1) is 0 Å². The summed E-state index contributed by atoms with van der Waals surface area (Å²) in [4.78, 5) is 13.3. The molecule has 0 aliphatic heterocycles. The molecular formula is C24H23ClF3NO. The van der Waals surface area contributed by atoms with E-state index in [9.17, 15) is 18.0 Å². The van der Waals surface area contributed by atoms with Gasteiger partial charge in [0, 0.05) is 11.6 Å². The summed E-state index contributed by atoms with van der Waals surface area (Å²) in [6, 6.07) is 9.89. The molecule has 4 aliphatic rings. The second-order valence-electron chi connectivity index (χ2n) is 9.58. The fourth-order valence-corrected chi connectivity index (χ4v) is 6.88. The molecule has 4 bridgehead atoms. The highest BCUT2D eigenvalue weighted by atomic mass is 35.5. The Labute approximate surface area is 178 Å². The Kier molecular flexibility index (Phi) is 4.66. The lowest BCUT2D eigenvalue weighted by atomic mass is 9.42. The first kappa shape index (κ1) is 19.9. The number of nitrogens with one attached hydrogen (secondary N) is 1. The summed E-state index contributed by atoms with van der Waals surface area (Å²) in [5, 5.41) is 3.60. The van der Waals surface area contributed by atoms with Crippen LogP contribution in [0.1, 0.15) is 49.7 Å². The van der Waals surface area contributed by atoms with Gasteiger partial charge in [-0.1, -0.05) is 23.7 Å². The first-order valence-electron chi connectivity index (χ1n) is 10.5. The highest BCUT2D eigenvalue weighted by Gasteiger charge is 2.60. The topological polar surface area (TPSA) is 29.1 Å². The number of rotatable bonds is 4. The van der Waals surface area contributed by atoms with Crippen LogP contribution in [0.3, 0.4) is 0 Å². The molecule has 6 heteroatoms. The molecule has 6 rings (SSSR count). The summed E-state index contributed by atoms with van der Waals surface area (Å²) >= 11 is 6.09. The molecule has 0 saturated heterocycles. The lowest BCUT2D eigenvalue weighted by Gasteiger charge is -2.61. The van der Waals surface area contributed by atoms with E-state index in [0.29, 0.717) is 16.9 Å². The van der Waals surface area contributed by atoms with Crippen LogP contribution in [0, 0.1) is 34.7 Å². The number of amides is 1. The van der Waals surface area contributed by atoms with E-state index in [0.717, 1.165) is 44.2 Å². The van der Waals surface area contributed by atoms with E-state index in [2.05, 4.69) is 17.4 Å². The summed E-state index contributed by atoms with van der Waals surface area (Å²) in [6.45, 7) is -0.0159. The van der Waals surface area contributed by atoms with E-state index in [1.165, 1.54) is 12.0 Å². The quantitative estimate of drug-likeness (QED) is 0.596. The smallest absolute Gasteiger partial charge is 0.226 e. The van der Waals surface area contributed by atoms with Crippen molar-refractivity contribution in [3.05, 3.63) is 70.0 Å². The van der Waals surface area contributed by atoms with Crippen molar-refractivity contribution in [1.29, 1.82) is 0 Å². The third-order valence-electron chi connectivity index (χ3n) is 7.50. The summed E-state index contributed by atoms with van der Waals surface area (Å²) < 4.78 is 40.2. The fourth-order valence-electron chi connectivity index (χ4n) is 6.75. The minimum atomic E-state index is -1.49. The number of carbonyl (C=O) groups excluding carboxylic acids is 1. The van der Waals surface area contributed by atoms with Gasteiger partial charge in [-0.3, -0.25) is 4.79 Å². The van der Waals surface area contributed by atoms with Crippen molar-refractivity contribution >= 4 is 17.5 Å². The minimum absolute atomic E-state index is 0.0138. The predicted octanol–water partition coefficient (Wildman–Crippen LogP) is 5.91. The van der Waals surface area contributed by atoms with E-state index in [1.54, 1.807) is 0 Å². The molecule has 0 radical (unpaired) electrons. The van der Waals surface area contributed by atoms with Crippen molar-refractivity contribution in [2.75, 3.05) is 0 Å². The van der Waals surface area contributed by atoms with E-state index in [4.69, 9.17) is 11.6 Å². The third-order valence-corrected chi connectivity index (χ3v) is 7.75. The van der Waals surface area contributed by atoms with Gasteiger partial charge in [0.25, 0.3) is 0 Å². The SMILES string of the molecule is O=C(NCc1cc(F)c(F)c(F)c1)C12CC3CC(C1)CC(c1ccc(Cl)cc1)(C3)C2. The lowest BCUT2D eigenvalue weighted by molar-refractivity contribution is -0.149. The molecule has 158 valence electrons. The fraction of sp³-hybridized carbons (Fsp3) is 0.458. The Morgan fingerprint density at radius 2 is 1.60 bits per heavy atom. The monoisotopic (exact) mass is 433 g/mol. The lowest BCUT2D eigenvalue weighted by Crippen LogP contribution is -2.59. The van der Waals surface area contributed by atoms with Gasteiger partial charge >= 0.3 is 0 Å². The second kappa shape index (κ2) is 7.01. The first-order chi connectivity index (χ1) is 14.3. The van der Waals surface area contributed by atoms with Gasteiger partial charge in [0.05, 0.1) is 5.41 Å². The maximum Gasteiger partial charge on any atom is 0.226 e. The Morgan fingerprint density at radius 3 is 2.20 bits per heavy atom. The van der Waals surface area contributed by atoms with Gasteiger partial charge in [0.1, 0.15) is 0 Å². The van der Waals surface area contributed by atoms with Crippen LogP contribution in [0.15, 0.2) is 36.4 Å². The largest absolute Gasteiger partial charge is 0.352 e. The molecule has 2 unspecified atom stereocenters. The first-order valence-corrected chi connectivity index (χ1v) is 10.8. The molecule has 0 heterocycles. The molecule has 30 heavy (non-hydrogen) atoms. The van der Waals surface area contributed by atoms with Crippen LogP contribution in [0.25, 0.3) is 0 Å². The summed E-state index contributed by atoms with van der Waals surface area (Å²) in [6.07, 6.45) is 5.85.